The van der Waals surface area contributed by atoms with E-state index >= 15 is 0 Å². The third kappa shape index (κ3) is 3.37. The summed E-state index contributed by atoms with van der Waals surface area (Å²) in [6.45, 7) is 1.85. The van der Waals surface area contributed by atoms with Gasteiger partial charge in [-0.3, -0.25) is 9.78 Å². The molecule has 1 aromatic rings. The number of nitrogens with two attached hydrogens (primary N) is 1. The van der Waals surface area contributed by atoms with E-state index in [0.29, 0.717) is 0 Å². The Hall–Kier alpha value is -1.86. The van der Waals surface area contributed by atoms with Crippen LogP contribution in [0.15, 0.2) is 24.4 Å². The van der Waals surface area contributed by atoms with Crippen LogP contribution in [0, 0.1) is 12.3 Å². The van der Waals surface area contributed by atoms with Crippen molar-refractivity contribution < 1.29 is 4.79 Å². The van der Waals surface area contributed by atoms with E-state index in [1.54, 1.807) is 6.20 Å². The van der Waals surface area contributed by atoms with Gasteiger partial charge in [0.15, 0.2) is 0 Å². The number of hydrogen-bond acceptors (Lipinski definition) is 3. The van der Waals surface area contributed by atoms with Crippen LogP contribution < -0.4 is 11.1 Å². The van der Waals surface area contributed by atoms with Gasteiger partial charge in [0.2, 0.25) is 5.91 Å². The number of rotatable bonds is 4. The lowest BCUT2D eigenvalue weighted by Gasteiger charge is -2.15. The molecule has 0 spiro atoms. The standard InChI is InChI=1S/C12H15N3O/c1-3-6-10(13)12(16)15-9(2)11-7-4-5-8-14-11/h1,4-5,7-10H,6,13H2,2H3,(H,15,16)/t9-,10?/m0/s1. The van der Waals surface area contributed by atoms with E-state index in [4.69, 9.17) is 12.2 Å². The lowest BCUT2D eigenvalue weighted by molar-refractivity contribution is -0.122. The molecule has 4 heteroatoms. The molecule has 84 valence electrons. The molecule has 1 aromatic heterocycles. The molecule has 4 nitrogen and oxygen atoms in total. The van der Waals surface area contributed by atoms with Gasteiger partial charge in [-0.05, 0) is 19.1 Å². The maximum atomic E-state index is 11.6. The van der Waals surface area contributed by atoms with Gasteiger partial charge in [-0.15, -0.1) is 12.3 Å². The van der Waals surface area contributed by atoms with E-state index in [9.17, 15) is 4.79 Å². The normalized spacial score (nSPS) is 13.6. The van der Waals surface area contributed by atoms with Crippen molar-refractivity contribution in [2.24, 2.45) is 5.73 Å². The predicted molar refractivity (Wildman–Crippen MR) is 62.2 cm³/mol. The molecular weight excluding hydrogens is 202 g/mol. The van der Waals surface area contributed by atoms with Crippen LogP contribution in [0.4, 0.5) is 0 Å². The van der Waals surface area contributed by atoms with Gasteiger partial charge >= 0.3 is 0 Å². The van der Waals surface area contributed by atoms with Gasteiger partial charge in [-0.25, -0.2) is 0 Å². The van der Waals surface area contributed by atoms with Crippen molar-refractivity contribution in [2.75, 3.05) is 0 Å². The van der Waals surface area contributed by atoms with Crippen molar-refractivity contribution in [3.05, 3.63) is 30.1 Å². The van der Waals surface area contributed by atoms with Gasteiger partial charge in [-0.2, -0.15) is 0 Å². The second-order valence-corrected chi connectivity index (χ2v) is 3.50. The van der Waals surface area contributed by atoms with Crippen molar-refractivity contribution in [1.82, 2.24) is 10.3 Å². The number of aromatic nitrogens is 1. The SMILES string of the molecule is C#CCC(N)C(=O)N[C@@H](C)c1ccccn1. The first-order valence-corrected chi connectivity index (χ1v) is 5.05. The average molecular weight is 217 g/mol. The number of pyridine rings is 1. The Morgan fingerprint density at radius 1 is 1.69 bits per heavy atom. The van der Waals surface area contributed by atoms with E-state index in [1.165, 1.54) is 0 Å². The van der Waals surface area contributed by atoms with E-state index in [0.717, 1.165) is 5.69 Å². The molecule has 16 heavy (non-hydrogen) atoms. The highest BCUT2D eigenvalue weighted by Crippen LogP contribution is 2.07. The Kier molecular flexibility index (Phi) is 4.49. The largest absolute Gasteiger partial charge is 0.347 e. The molecule has 3 N–H and O–H groups in total. The zero-order valence-corrected chi connectivity index (χ0v) is 9.18. The van der Waals surface area contributed by atoms with E-state index in [2.05, 4.69) is 16.2 Å². The fraction of sp³-hybridized carbons (Fsp3) is 0.333. The molecule has 1 unspecified atom stereocenters. The number of amides is 1. The summed E-state index contributed by atoms with van der Waals surface area (Å²) in [6, 6.07) is 4.71. The Bertz CT molecular complexity index is 383. The molecule has 0 saturated heterocycles. The van der Waals surface area contributed by atoms with Crippen LogP contribution in [-0.2, 0) is 4.79 Å². The summed E-state index contributed by atoms with van der Waals surface area (Å²) in [5.74, 6) is 2.11. The summed E-state index contributed by atoms with van der Waals surface area (Å²) in [4.78, 5) is 15.7. The monoisotopic (exact) mass is 217 g/mol. The van der Waals surface area contributed by atoms with Crippen LogP contribution in [0.2, 0.25) is 0 Å². The maximum Gasteiger partial charge on any atom is 0.238 e. The number of nitrogens with one attached hydrogen (secondary N) is 1. The van der Waals surface area contributed by atoms with Gasteiger partial charge in [-0.1, -0.05) is 6.07 Å². The van der Waals surface area contributed by atoms with E-state index in [-0.39, 0.29) is 18.4 Å². The summed E-state index contributed by atoms with van der Waals surface area (Å²) >= 11 is 0. The smallest absolute Gasteiger partial charge is 0.238 e. The highest BCUT2D eigenvalue weighted by molar-refractivity contribution is 5.82. The van der Waals surface area contributed by atoms with Crippen molar-refractivity contribution in [3.63, 3.8) is 0 Å². The zero-order valence-electron chi connectivity index (χ0n) is 9.18. The molecule has 0 radical (unpaired) electrons. The minimum absolute atomic E-state index is 0.169. The third-order valence-electron chi connectivity index (χ3n) is 2.16. The number of nitrogens with zero attached hydrogens (tertiary/aromatic N) is 1. The lowest BCUT2D eigenvalue weighted by atomic mass is 10.1. The second kappa shape index (κ2) is 5.89. The quantitative estimate of drug-likeness (QED) is 0.726. The molecule has 0 aromatic carbocycles. The lowest BCUT2D eigenvalue weighted by Crippen LogP contribution is -2.41. The Morgan fingerprint density at radius 3 is 3.00 bits per heavy atom. The fourth-order valence-electron chi connectivity index (χ4n) is 1.25. The van der Waals surface area contributed by atoms with Crippen LogP contribution >= 0.6 is 0 Å². The Morgan fingerprint density at radius 2 is 2.44 bits per heavy atom. The molecule has 0 aliphatic rings. The minimum atomic E-state index is -0.656. The number of carbonyl (C=O) groups is 1. The van der Waals surface area contributed by atoms with Gasteiger partial charge in [0.05, 0.1) is 17.8 Å². The third-order valence-corrected chi connectivity index (χ3v) is 2.16. The topological polar surface area (TPSA) is 68.0 Å². The summed E-state index contributed by atoms with van der Waals surface area (Å²) in [5.41, 5.74) is 6.37. The summed E-state index contributed by atoms with van der Waals surface area (Å²) in [7, 11) is 0. The Balaban J connectivity index is 2.56. The van der Waals surface area contributed by atoms with Crippen molar-refractivity contribution in [1.29, 1.82) is 0 Å². The van der Waals surface area contributed by atoms with Gasteiger partial charge < -0.3 is 11.1 Å². The molecule has 0 bridgehead atoms. The molecule has 0 fully saturated rings. The van der Waals surface area contributed by atoms with Crippen molar-refractivity contribution in [2.45, 2.75) is 25.4 Å². The number of terminal acetylenes is 1. The number of carbonyl (C=O) groups excluding carboxylic acids is 1. The first-order chi connectivity index (χ1) is 7.65. The molecule has 1 amide bonds. The molecule has 1 heterocycles. The van der Waals surface area contributed by atoms with E-state index in [1.807, 2.05) is 25.1 Å². The summed E-state index contributed by atoms with van der Waals surface area (Å²) in [6.07, 6.45) is 7.00. The molecule has 0 saturated carbocycles. The number of hydrogen-bond donors (Lipinski definition) is 2. The maximum absolute atomic E-state index is 11.6. The Labute approximate surface area is 95.3 Å². The van der Waals surface area contributed by atoms with Crippen LogP contribution in [0.1, 0.15) is 25.1 Å². The van der Waals surface area contributed by atoms with E-state index < -0.39 is 6.04 Å². The van der Waals surface area contributed by atoms with Crippen LogP contribution in [-0.4, -0.2) is 16.9 Å². The fourth-order valence-corrected chi connectivity index (χ4v) is 1.25. The predicted octanol–water partition coefficient (Wildman–Crippen LogP) is 0.609. The van der Waals surface area contributed by atoms with Crippen molar-refractivity contribution >= 4 is 5.91 Å². The van der Waals surface area contributed by atoms with Crippen LogP contribution in [0.5, 0.6) is 0 Å². The summed E-state index contributed by atoms with van der Waals surface area (Å²) in [5, 5.41) is 2.76. The highest BCUT2D eigenvalue weighted by Gasteiger charge is 2.15. The van der Waals surface area contributed by atoms with Crippen LogP contribution in [0.25, 0.3) is 0 Å². The summed E-state index contributed by atoms with van der Waals surface area (Å²) < 4.78 is 0. The molecule has 0 aliphatic carbocycles. The molecular formula is C12H15N3O. The average Bonchev–Trinajstić information content (AvgIpc) is 2.30. The second-order valence-electron chi connectivity index (χ2n) is 3.50. The first-order valence-electron chi connectivity index (χ1n) is 5.05. The van der Waals surface area contributed by atoms with Gasteiger partial charge in [0.1, 0.15) is 0 Å². The van der Waals surface area contributed by atoms with Gasteiger partial charge in [0, 0.05) is 12.6 Å². The molecule has 2 atom stereocenters. The van der Waals surface area contributed by atoms with Crippen molar-refractivity contribution in [3.8, 4) is 12.3 Å². The molecule has 0 aliphatic heterocycles. The first kappa shape index (κ1) is 12.2. The highest BCUT2D eigenvalue weighted by atomic mass is 16.2. The minimum Gasteiger partial charge on any atom is -0.347 e. The van der Waals surface area contributed by atoms with Crippen LogP contribution in [0.3, 0.4) is 0 Å². The van der Waals surface area contributed by atoms with Gasteiger partial charge in [0.25, 0.3) is 0 Å². The molecule has 1 rings (SSSR count). The zero-order chi connectivity index (χ0) is 12.0.